The number of fused-ring (bicyclic) bond motifs is 15. The van der Waals surface area contributed by atoms with Gasteiger partial charge in [-0.05, 0) is 192 Å². The monoisotopic (exact) mass is 1260 g/mol. The maximum atomic E-state index is 7.24. The minimum Gasteiger partial charge on any atom is -0.454 e. The molecule has 12 aromatic rings. The van der Waals surface area contributed by atoms with E-state index in [2.05, 4.69) is 325 Å². The van der Waals surface area contributed by atoms with Gasteiger partial charge in [-0.3, -0.25) is 0 Å². The number of furan rings is 1. The fraction of sp³-hybridized carbons (Fsp3) is 0.303. The van der Waals surface area contributed by atoms with Gasteiger partial charge in [0.25, 0.3) is 6.71 Å². The van der Waals surface area contributed by atoms with Crippen LogP contribution in [0.3, 0.4) is 0 Å². The fourth-order valence-corrected chi connectivity index (χ4v) is 20.1. The third-order valence-electron chi connectivity index (χ3n) is 24.9. The summed E-state index contributed by atoms with van der Waals surface area (Å²) < 4.78 is 9.94. The van der Waals surface area contributed by atoms with Crippen molar-refractivity contribution >= 4 is 117 Å². The van der Waals surface area contributed by atoms with E-state index in [0.717, 1.165) is 70.4 Å². The predicted octanol–water partition coefficient (Wildman–Crippen LogP) is 23.7. The minimum absolute atomic E-state index is 0.00298. The molecular formula is C89H88BN3OS. The first-order chi connectivity index (χ1) is 45.4. The van der Waals surface area contributed by atoms with Crippen LogP contribution in [0.2, 0.25) is 0 Å². The average Bonchev–Trinajstić information content (AvgIpc) is 1.60. The van der Waals surface area contributed by atoms with Crippen molar-refractivity contribution < 1.29 is 4.42 Å². The van der Waals surface area contributed by atoms with Gasteiger partial charge in [0.05, 0.1) is 22.7 Å². The summed E-state index contributed by atoms with van der Waals surface area (Å²) in [6, 6.07) is 80.0. The van der Waals surface area contributed by atoms with Crippen LogP contribution in [0.5, 0.6) is 0 Å². The van der Waals surface area contributed by atoms with E-state index >= 15 is 0 Å². The Hall–Kier alpha value is -8.58. The Morgan fingerprint density at radius 1 is 0.526 bits per heavy atom. The molecule has 3 atom stereocenters. The van der Waals surface area contributed by atoms with Crippen LogP contribution < -0.4 is 30.4 Å². The van der Waals surface area contributed by atoms with Crippen molar-refractivity contribution in [1.29, 1.82) is 0 Å². The first kappa shape index (κ1) is 60.1. The predicted molar refractivity (Wildman–Crippen MR) is 408 cm³/mol. The molecule has 6 heteroatoms. The number of hydrogen-bond donors (Lipinski definition) is 0. The van der Waals surface area contributed by atoms with Crippen LogP contribution in [0.25, 0.3) is 54.3 Å². The van der Waals surface area contributed by atoms with Crippen LogP contribution in [0.15, 0.2) is 211 Å². The molecule has 0 N–H and O–H groups in total. The van der Waals surface area contributed by atoms with E-state index in [4.69, 9.17) is 4.42 Å². The van der Waals surface area contributed by atoms with Crippen molar-refractivity contribution in [2.24, 2.45) is 16.7 Å². The molecule has 3 unspecified atom stereocenters. The van der Waals surface area contributed by atoms with E-state index in [9.17, 15) is 0 Å². The summed E-state index contributed by atoms with van der Waals surface area (Å²) >= 11 is 2.02. The van der Waals surface area contributed by atoms with Gasteiger partial charge in [-0.15, -0.1) is 11.3 Å². The van der Waals surface area contributed by atoms with Crippen molar-refractivity contribution in [2.75, 3.05) is 14.7 Å². The molecule has 0 saturated heterocycles. The maximum absolute atomic E-state index is 7.24. The SMILES string of the molecule is CCC1(C)C2(CC(C)C1(C)C)c1ccccc1-c1c(N3c4cc(N(c5ccc(C(C)(C)C)cc5)c5ccccc5-c5ccccc5)ccc4B4c5sc6cc7c(cc6c5N(c5cccc6c5oc5ccccc56)c5cc(C(C)(C)C)cc3c54)C(C)(C)CCC7(C)C)cccc12. The van der Waals surface area contributed by atoms with Gasteiger partial charge in [-0.1, -0.05) is 237 Å². The molecule has 1 saturated carbocycles. The molecule has 0 amide bonds. The Morgan fingerprint density at radius 3 is 1.86 bits per heavy atom. The molecule has 2 aromatic heterocycles. The van der Waals surface area contributed by atoms with Crippen LogP contribution in [-0.2, 0) is 27.1 Å². The van der Waals surface area contributed by atoms with Crippen molar-refractivity contribution in [3.63, 3.8) is 0 Å². The number of nitrogens with zero attached hydrogens (tertiary/aromatic N) is 3. The molecule has 10 aromatic carbocycles. The first-order valence-electron chi connectivity index (χ1n) is 35.1. The van der Waals surface area contributed by atoms with Gasteiger partial charge in [-0.2, -0.15) is 0 Å². The van der Waals surface area contributed by atoms with Gasteiger partial charge >= 0.3 is 0 Å². The third-order valence-corrected chi connectivity index (χ3v) is 26.1. The normalized spacial score (nSPS) is 20.2. The number of anilines is 9. The Labute approximate surface area is 567 Å². The van der Waals surface area contributed by atoms with Gasteiger partial charge in [-0.25, -0.2) is 0 Å². The molecule has 4 heterocycles. The second-order valence-corrected chi connectivity index (χ2v) is 34.0. The minimum atomic E-state index is -0.251. The molecule has 0 radical (unpaired) electrons. The van der Waals surface area contributed by atoms with Gasteiger partial charge in [0.15, 0.2) is 5.58 Å². The zero-order valence-corrected chi connectivity index (χ0v) is 59.1. The number of hydrogen-bond acceptors (Lipinski definition) is 5. The topological polar surface area (TPSA) is 22.9 Å². The van der Waals surface area contributed by atoms with E-state index < -0.39 is 0 Å². The highest BCUT2D eigenvalue weighted by Gasteiger charge is 2.67. The Kier molecular flexibility index (Phi) is 13.0. The molecule has 1 fully saturated rings. The first-order valence-corrected chi connectivity index (χ1v) is 35.9. The maximum Gasteiger partial charge on any atom is 0.264 e. The Bertz CT molecular complexity index is 5160. The summed E-state index contributed by atoms with van der Waals surface area (Å²) in [7, 11) is 0. The van der Waals surface area contributed by atoms with Crippen LogP contribution in [-0.4, -0.2) is 6.71 Å². The zero-order valence-electron chi connectivity index (χ0n) is 58.3. The zero-order chi connectivity index (χ0) is 65.8. The summed E-state index contributed by atoms with van der Waals surface area (Å²) in [6.07, 6.45) is 4.45. The van der Waals surface area contributed by atoms with Crippen molar-refractivity contribution in [3.05, 3.63) is 240 Å². The van der Waals surface area contributed by atoms with Gasteiger partial charge in [0, 0.05) is 70.6 Å². The Morgan fingerprint density at radius 2 is 1.14 bits per heavy atom. The van der Waals surface area contributed by atoms with E-state index in [-0.39, 0.29) is 44.6 Å². The van der Waals surface area contributed by atoms with E-state index in [1.165, 1.54) is 110 Å². The molecule has 4 nitrogen and oxygen atoms in total. The highest BCUT2D eigenvalue weighted by atomic mass is 32.1. The quantitative estimate of drug-likeness (QED) is 0.148. The molecule has 5 aliphatic rings. The summed E-state index contributed by atoms with van der Waals surface area (Å²) in [5.74, 6) is 0.493. The molecular weight excluding hydrogens is 1170 g/mol. The number of para-hydroxylation sites is 3. The summed E-state index contributed by atoms with van der Waals surface area (Å²) in [5, 5.41) is 3.58. The van der Waals surface area contributed by atoms with Crippen molar-refractivity contribution in [1.82, 2.24) is 0 Å². The summed E-state index contributed by atoms with van der Waals surface area (Å²) in [6.45, 7) is 36.8. The van der Waals surface area contributed by atoms with Crippen LogP contribution in [0.4, 0.5) is 51.2 Å². The average molecular weight is 1260 g/mol. The number of benzene rings is 10. The molecule has 2 aliphatic heterocycles. The summed E-state index contributed by atoms with van der Waals surface area (Å²) in [4.78, 5) is 8.01. The van der Waals surface area contributed by atoms with E-state index in [1.54, 1.807) is 0 Å². The fourth-order valence-electron chi connectivity index (χ4n) is 18.8. The van der Waals surface area contributed by atoms with Crippen molar-refractivity contribution in [3.8, 4) is 22.3 Å². The van der Waals surface area contributed by atoms with Gasteiger partial charge < -0.3 is 19.1 Å². The second kappa shape index (κ2) is 20.5. The standard InChI is InChI=1S/C89H88BN3OS/c1-16-88(15)87(13,14)54(2)53-89(88)65-34-23-20-32-63(65)78-66(89)35-27-37-71(78)92-73-50-59(91(58-42-40-56(41-43-58)83(3,4)5)70-36-24-21-30-60(70)55-28-18-17-19-29-55)44-45-69(73)90-79-74(92)48-57(84(6,7)8)49-75(79)93(72-38-26-33-62-61-31-22-25-39-76(61)94-81(62)72)80-64-51-67-68(52-77(64)95-82(80)90)86(11,12)47-46-85(67,9)10/h17-45,48-52,54H,16,46-47,53H2,1-15H3. The largest absolute Gasteiger partial charge is 0.454 e. The number of thiophene rings is 1. The Balaban J connectivity index is 1.02. The number of rotatable bonds is 7. The highest BCUT2D eigenvalue weighted by molar-refractivity contribution is 7.33. The third kappa shape index (κ3) is 8.38. The lowest BCUT2D eigenvalue weighted by Gasteiger charge is -2.50. The second-order valence-electron chi connectivity index (χ2n) is 32.9. The molecule has 0 bridgehead atoms. The highest BCUT2D eigenvalue weighted by Crippen LogP contribution is 2.74. The van der Waals surface area contributed by atoms with Crippen molar-refractivity contribution in [2.45, 2.75) is 157 Å². The van der Waals surface area contributed by atoms with E-state index in [0.29, 0.717) is 5.92 Å². The van der Waals surface area contributed by atoms with Gasteiger partial charge in [0.1, 0.15) is 5.58 Å². The summed E-state index contributed by atoms with van der Waals surface area (Å²) in [5.41, 5.74) is 28.1. The smallest absolute Gasteiger partial charge is 0.264 e. The van der Waals surface area contributed by atoms with Gasteiger partial charge in [0.2, 0.25) is 0 Å². The van der Waals surface area contributed by atoms with E-state index in [1.807, 2.05) is 11.3 Å². The molecule has 3 aliphatic carbocycles. The lowest BCUT2D eigenvalue weighted by atomic mass is 9.36. The molecule has 95 heavy (non-hydrogen) atoms. The molecule has 17 rings (SSSR count). The molecule has 1 spiro atoms. The van der Waals surface area contributed by atoms with Crippen LogP contribution in [0, 0.1) is 16.7 Å². The lowest BCUT2D eigenvalue weighted by molar-refractivity contribution is 0.0546. The van der Waals surface area contributed by atoms with Crippen LogP contribution in [0.1, 0.15) is 163 Å². The lowest BCUT2D eigenvalue weighted by Crippen LogP contribution is -2.60. The van der Waals surface area contributed by atoms with Crippen LogP contribution >= 0.6 is 11.3 Å². The molecule has 474 valence electrons.